The fraction of sp³-hybridized carbons (Fsp3) is 0.917. The van der Waals surface area contributed by atoms with Crippen LogP contribution in [0.25, 0.3) is 0 Å². The monoisotopic (exact) mass is 255 g/mol. The fourth-order valence-electron chi connectivity index (χ4n) is 3.40. The van der Waals surface area contributed by atoms with Crippen LogP contribution in [0, 0.1) is 0 Å². The van der Waals surface area contributed by atoms with E-state index in [-0.39, 0.29) is 10.8 Å². The van der Waals surface area contributed by atoms with Gasteiger partial charge < -0.3 is 0 Å². The summed E-state index contributed by atoms with van der Waals surface area (Å²) in [5.41, 5.74) is -0.180. The van der Waals surface area contributed by atoms with Gasteiger partial charge >= 0.3 is 105 Å². The first-order valence-corrected chi connectivity index (χ1v) is 8.43. The Balaban J connectivity index is 2.25. The molecule has 0 bridgehead atoms. The number of rotatable bonds is 3. The first kappa shape index (κ1) is 13.1. The van der Waals surface area contributed by atoms with Crippen LogP contribution >= 0.6 is 0 Å². The Morgan fingerprint density at radius 1 is 1.24 bits per heavy atom. The van der Waals surface area contributed by atoms with Crippen LogP contribution in [0.15, 0.2) is 0 Å². The van der Waals surface area contributed by atoms with Crippen LogP contribution < -0.4 is 5.23 Å². The van der Waals surface area contributed by atoms with Crippen molar-refractivity contribution >= 4 is 22.9 Å². The average Bonchev–Trinajstić information content (AvgIpc) is 2.68. The first-order chi connectivity index (χ1) is 8.11. The molecular formula is C12H22BNO2S. The van der Waals surface area contributed by atoms with Crippen LogP contribution in [-0.2, 0) is 9.84 Å². The van der Waals surface area contributed by atoms with Crippen LogP contribution in [0.3, 0.4) is 0 Å². The zero-order chi connectivity index (χ0) is 12.4. The van der Waals surface area contributed by atoms with E-state index in [9.17, 15) is 8.42 Å². The molecule has 1 atom stereocenters. The summed E-state index contributed by atoms with van der Waals surface area (Å²) in [6.45, 7) is 1.96. The van der Waals surface area contributed by atoms with Crippen LogP contribution in [0.4, 0.5) is 0 Å². The van der Waals surface area contributed by atoms with Crippen molar-refractivity contribution in [2.24, 2.45) is 0 Å². The molecule has 1 aliphatic carbocycles. The Labute approximate surface area is 105 Å². The molecule has 0 aromatic rings. The van der Waals surface area contributed by atoms with E-state index >= 15 is 0 Å². The Hall–Kier alpha value is -0.315. The van der Waals surface area contributed by atoms with Gasteiger partial charge in [0.1, 0.15) is 0 Å². The molecule has 0 amide bonds. The predicted molar refractivity (Wildman–Crippen MR) is 73.3 cm³/mol. The van der Waals surface area contributed by atoms with E-state index in [4.69, 9.17) is 0 Å². The molecular weight excluding hydrogens is 233 g/mol. The van der Waals surface area contributed by atoms with Gasteiger partial charge in [-0.1, -0.05) is 0 Å². The third-order valence-corrected chi connectivity index (χ3v) is 6.64. The van der Waals surface area contributed by atoms with E-state index in [1.807, 2.05) is 19.9 Å². The second-order valence-electron chi connectivity index (χ2n) is 5.36. The van der Waals surface area contributed by atoms with Crippen LogP contribution in [0.1, 0.15) is 51.9 Å². The SMILES string of the molecule is CC=BNC1(C2CCCS2(=O)=O)CCCCC1. The number of sulfone groups is 1. The molecule has 1 unspecified atom stereocenters. The Morgan fingerprint density at radius 2 is 1.94 bits per heavy atom. The molecule has 0 radical (unpaired) electrons. The molecule has 1 N–H and O–H groups in total. The summed E-state index contributed by atoms with van der Waals surface area (Å²) >= 11 is 0. The van der Waals surface area contributed by atoms with E-state index < -0.39 is 9.84 Å². The molecule has 1 heterocycles. The topological polar surface area (TPSA) is 46.2 Å². The summed E-state index contributed by atoms with van der Waals surface area (Å²) in [5, 5.41) is 3.26. The molecule has 2 rings (SSSR count). The van der Waals surface area contributed by atoms with Crippen molar-refractivity contribution in [1.82, 2.24) is 5.23 Å². The summed E-state index contributed by atoms with van der Waals surface area (Å²) in [7, 11) is -0.942. The fourth-order valence-corrected chi connectivity index (χ4v) is 5.77. The van der Waals surface area contributed by atoms with E-state index in [0.717, 1.165) is 38.5 Å². The normalized spacial score (nSPS) is 31.2. The molecule has 2 aliphatic rings. The van der Waals surface area contributed by atoms with Gasteiger partial charge in [0.15, 0.2) is 0 Å². The van der Waals surface area contributed by atoms with Crippen molar-refractivity contribution in [2.75, 3.05) is 5.75 Å². The van der Waals surface area contributed by atoms with Gasteiger partial charge in [-0.15, -0.1) is 0 Å². The third-order valence-electron chi connectivity index (χ3n) is 4.23. The minimum atomic E-state index is -2.87. The molecule has 5 heteroatoms. The molecule has 0 aromatic carbocycles. The Morgan fingerprint density at radius 3 is 2.47 bits per heavy atom. The van der Waals surface area contributed by atoms with Crippen LogP contribution in [0.5, 0.6) is 0 Å². The Bertz CT molecular complexity index is 385. The second kappa shape index (κ2) is 5.13. The molecule has 0 spiro atoms. The Kier molecular flexibility index (Phi) is 3.96. The van der Waals surface area contributed by atoms with Gasteiger partial charge in [-0.3, -0.25) is 0 Å². The van der Waals surface area contributed by atoms with Crippen molar-refractivity contribution in [2.45, 2.75) is 62.7 Å². The summed E-state index contributed by atoms with van der Waals surface area (Å²) < 4.78 is 24.3. The average molecular weight is 255 g/mol. The number of nitrogens with one attached hydrogen (secondary N) is 1. The van der Waals surface area contributed by atoms with E-state index in [1.54, 1.807) is 0 Å². The third kappa shape index (κ3) is 2.59. The van der Waals surface area contributed by atoms with Crippen molar-refractivity contribution in [3.05, 3.63) is 0 Å². The molecule has 2 fully saturated rings. The van der Waals surface area contributed by atoms with E-state index in [2.05, 4.69) is 5.23 Å². The first-order valence-electron chi connectivity index (χ1n) is 6.71. The molecule has 1 aliphatic heterocycles. The zero-order valence-electron chi connectivity index (χ0n) is 10.6. The zero-order valence-corrected chi connectivity index (χ0v) is 11.4. The van der Waals surface area contributed by atoms with Crippen LogP contribution in [0.2, 0.25) is 0 Å². The minimum absolute atomic E-state index is 0.161. The second-order valence-corrected chi connectivity index (χ2v) is 7.66. The summed E-state index contributed by atoms with van der Waals surface area (Å²) in [6, 6.07) is 0. The van der Waals surface area contributed by atoms with Gasteiger partial charge in [-0.05, 0) is 0 Å². The van der Waals surface area contributed by atoms with Gasteiger partial charge in [-0.25, -0.2) is 0 Å². The van der Waals surface area contributed by atoms with Gasteiger partial charge in [-0.2, -0.15) is 0 Å². The van der Waals surface area contributed by atoms with Gasteiger partial charge in [0.25, 0.3) is 0 Å². The summed E-state index contributed by atoms with van der Waals surface area (Å²) in [5.74, 6) is 2.34. The predicted octanol–water partition coefficient (Wildman–Crippen LogP) is 1.30. The molecule has 17 heavy (non-hydrogen) atoms. The maximum atomic E-state index is 12.2. The van der Waals surface area contributed by atoms with E-state index in [0.29, 0.717) is 5.75 Å². The van der Waals surface area contributed by atoms with E-state index in [1.165, 1.54) is 6.42 Å². The standard InChI is InChI=1S/C12H22BNO2S/c1-2-13-14-12(8-4-3-5-9-12)11-7-6-10-17(11,15)16/h2,11,14H,3-10H2,1H3. The van der Waals surface area contributed by atoms with Gasteiger partial charge in [0.2, 0.25) is 0 Å². The molecule has 96 valence electrons. The number of hydrogen-bond donors (Lipinski definition) is 1. The summed E-state index contributed by atoms with van der Waals surface area (Å²) in [6.07, 6.45) is 7.22. The van der Waals surface area contributed by atoms with Crippen LogP contribution in [-0.4, -0.2) is 38.0 Å². The molecule has 1 saturated heterocycles. The summed E-state index contributed by atoms with van der Waals surface area (Å²) in [4.78, 5) is 0. The molecule has 3 nitrogen and oxygen atoms in total. The van der Waals surface area contributed by atoms with Gasteiger partial charge in [0, 0.05) is 0 Å². The van der Waals surface area contributed by atoms with Crippen molar-refractivity contribution in [1.29, 1.82) is 0 Å². The van der Waals surface area contributed by atoms with Crippen molar-refractivity contribution in [3.63, 3.8) is 0 Å². The quantitative estimate of drug-likeness (QED) is 0.773. The number of hydrogen-bond acceptors (Lipinski definition) is 3. The molecule has 0 aromatic heterocycles. The van der Waals surface area contributed by atoms with Crippen molar-refractivity contribution < 1.29 is 8.42 Å². The van der Waals surface area contributed by atoms with Crippen molar-refractivity contribution in [3.8, 4) is 0 Å². The molecule has 1 saturated carbocycles. The van der Waals surface area contributed by atoms with Gasteiger partial charge in [0.05, 0.1) is 0 Å². The maximum absolute atomic E-state index is 12.2.